The highest BCUT2D eigenvalue weighted by molar-refractivity contribution is 5.93. The summed E-state index contributed by atoms with van der Waals surface area (Å²) in [5.41, 5.74) is 0.123. The van der Waals surface area contributed by atoms with Crippen molar-refractivity contribution >= 4 is 22.4 Å². The van der Waals surface area contributed by atoms with Gasteiger partial charge in [0, 0.05) is 11.5 Å². The molecule has 4 rings (SSSR count). The highest BCUT2D eigenvalue weighted by Crippen LogP contribution is 2.43. The number of anilines is 2. The van der Waals surface area contributed by atoms with Gasteiger partial charge in [0.25, 0.3) is 0 Å². The fraction of sp³-hybridized carbons (Fsp3) is 0.167. The third kappa shape index (κ3) is 4.77. The summed E-state index contributed by atoms with van der Waals surface area (Å²) in [7, 11) is 2.95. The van der Waals surface area contributed by atoms with Crippen LogP contribution in [0.4, 0.5) is 24.7 Å². The Morgan fingerprint density at radius 3 is 2.27 bits per heavy atom. The van der Waals surface area contributed by atoms with E-state index in [0.29, 0.717) is 22.4 Å². The quantitative estimate of drug-likeness (QED) is 0.369. The van der Waals surface area contributed by atoms with Gasteiger partial charge in [0.1, 0.15) is 30.1 Å². The maximum Gasteiger partial charge on any atom is 0.421 e. The number of hydrogen-bond donors (Lipinski definition) is 1. The van der Waals surface area contributed by atoms with E-state index in [1.54, 1.807) is 36.4 Å². The van der Waals surface area contributed by atoms with Crippen molar-refractivity contribution in [2.45, 2.75) is 12.8 Å². The van der Waals surface area contributed by atoms with Crippen LogP contribution in [0.25, 0.3) is 10.9 Å². The fourth-order valence-electron chi connectivity index (χ4n) is 3.39. The molecule has 0 fully saturated rings. The number of alkyl halides is 3. The van der Waals surface area contributed by atoms with Gasteiger partial charge in [-0.15, -0.1) is 0 Å². The number of benzene rings is 3. The Hall–Kier alpha value is -4.01. The van der Waals surface area contributed by atoms with Gasteiger partial charge in [-0.05, 0) is 23.8 Å². The van der Waals surface area contributed by atoms with Crippen LogP contribution in [-0.2, 0) is 12.8 Å². The zero-order valence-electron chi connectivity index (χ0n) is 17.8. The molecular weight excluding hydrogens is 435 g/mol. The van der Waals surface area contributed by atoms with Crippen LogP contribution in [-0.4, -0.2) is 24.2 Å². The van der Waals surface area contributed by atoms with Gasteiger partial charge in [-0.25, -0.2) is 9.97 Å². The van der Waals surface area contributed by atoms with Crippen molar-refractivity contribution in [3.05, 3.63) is 78.1 Å². The molecule has 0 atom stereocenters. The lowest BCUT2D eigenvalue weighted by Crippen LogP contribution is -2.12. The topological polar surface area (TPSA) is 65.5 Å². The minimum Gasteiger partial charge on any atom is -0.493 e. The first-order valence-corrected chi connectivity index (χ1v) is 9.91. The van der Waals surface area contributed by atoms with Crippen LogP contribution in [0.15, 0.2) is 67.0 Å². The number of methoxy groups -OCH3 is 2. The van der Waals surface area contributed by atoms with Crippen LogP contribution in [0.1, 0.15) is 11.1 Å². The average molecular weight is 455 g/mol. The zero-order chi connectivity index (χ0) is 23.4. The summed E-state index contributed by atoms with van der Waals surface area (Å²) in [5.74, 6) is 0.751. The van der Waals surface area contributed by atoms with E-state index in [9.17, 15) is 13.2 Å². The number of rotatable bonds is 7. The second kappa shape index (κ2) is 9.23. The highest BCUT2D eigenvalue weighted by atomic mass is 19.4. The van der Waals surface area contributed by atoms with Crippen LogP contribution in [0.3, 0.4) is 0 Å². The largest absolute Gasteiger partial charge is 0.493 e. The molecule has 0 aliphatic heterocycles. The number of nitrogens with one attached hydrogen (secondary N) is 1. The Labute approximate surface area is 188 Å². The number of nitrogens with zero attached hydrogens (tertiary/aromatic N) is 2. The maximum absolute atomic E-state index is 14.1. The first-order valence-electron chi connectivity index (χ1n) is 9.91. The monoisotopic (exact) mass is 455 g/mol. The molecule has 0 radical (unpaired) electrons. The molecule has 3 aromatic carbocycles. The molecule has 0 unspecified atom stereocenters. The van der Waals surface area contributed by atoms with Crippen molar-refractivity contribution in [1.82, 2.24) is 9.97 Å². The molecule has 33 heavy (non-hydrogen) atoms. The molecule has 4 aromatic rings. The molecule has 9 heteroatoms. The van der Waals surface area contributed by atoms with E-state index in [4.69, 9.17) is 14.2 Å². The first kappa shape index (κ1) is 22.2. The predicted molar refractivity (Wildman–Crippen MR) is 118 cm³/mol. The third-order valence-electron chi connectivity index (χ3n) is 4.94. The van der Waals surface area contributed by atoms with Gasteiger partial charge in [0.15, 0.2) is 11.5 Å². The molecule has 1 aromatic heterocycles. The number of aromatic nitrogens is 2. The van der Waals surface area contributed by atoms with Crippen molar-refractivity contribution in [2.24, 2.45) is 0 Å². The number of fused-ring (bicyclic) bond motifs is 1. The van der Waals surface area contributed by atoms with E-state index < -0.39 is 11.7 Å². The van der Waals surface area contributed by atoms with E-state index in [1.165, 1.54) is 38.7 Å². The molecular formula is C24H20F3N3O3. The summed E-state index contributed by atoms with van der Waals surface area (Å²) in [5, 5.41) is 3.27. The smallest absolute Gasteiger partial charge is 0.421 e. The Balaban J connectivity index is 1.74. The van der Waals surface area contributed by atoms with Crippen molar-refractivity contribution < 1.29 is 27.4 Å². The first-order chi connectivity index (χ1) is 15.9. The standard InChI is InChI=1S/C24H20F3N3O3/c1-31-20-11-16-18(12-21(20)32-2)28-14-29-23(16)30-17-9-6-10-19(22(17)24(25,26)27)33-13-15-7-4-3-5-8-15/h3-12,14H,13H2,1-2H3,(H,28,29,30). The Morgan fingerprint density at radius 1 is 0.848 bits per heavy atom. The van der Waals surface area contributed by atoms with Crippen molar-refractivity contribution in [3.63, 3.8) is 0 Å². The molecule has 0 bridgehead atoms. The minimum atomic E-state index is -4.67. The normalized spacial score (nSPS) is 11.3. The Morgan fingerprint density at radius 2 is 1.58 bits per heavy atom. The lowest BCUT2D eigenvalue weighted by molar-refractivity contribution is -0.138. The second-order valence-electron chi connectivity index (χ2n) is 7.02. The molecule has 1 N–H and O–H groups in total. The molecule has 0 saturated carbocycles. The van der Waals surface area contributed by atoms with Crippen LogP contribution >= 0.6 is 0 Å². The number of ether oxygens (including phenoxy) is 3. The summed E-state index contributed by atoms with van der Waals surface area (Å²) in [6.07, 6.45) is -3.40. The number of halogens is 3. The molecule has 0 aliphatic carbocycles. The Bertz CT molecular complexity index is 1260. The van der Waals surface area contributed by atoms with Crippen LogP contribution < -0.4 is 19.5 Å². The van der Waals surface area contributed by atoms with Crippen molar-refractivity contribution in [3.8, 4) is 17.2 Å². The maximum atomic E-state index is 14.1. The lowest BCUT2D eigenvalue weighted by Gasteiger charge is -2.19. The third-order valence-corrected chi connectivity index (χ3v) is 4.94. The van der Waals surface area contributed by atoms with E-state index in [-0.39, 0.29) is 23.9 Å². The van der Waals surface area contributed by atoms with Gasteiger partial charge in [-0.3, -0.25) is 0 Å². The number of hydrogen-bond acceptors (Lipinski definition) is 6. The van der Waals surface area contributed by atoms with E-state index in [2.05, 4.69) is 15.3 Å². The molecule has 0 aliphatic rings. The van der Waals surface area contributed by atoms with Gasteiger partial charge < -0.3 is 19.5 Å². The molecule has 0 amide bonds. The van der Waals surface area contributed by atoms with Crippen LogP contribution in [0.5, 0.6) is 17.2 Å². The molecule has 0 spiro atoms. The summed E-state index contributed by atoms with van der Waals surface area (Å²) < 4.78 is 58.4. The summed E-state index contributed by atoms with van der Waals surface area (Å²) in [4.78, 5) is 8.34. The fourth-order valence-corrected chi connectivity index (χ4v) is 3.39. The summed E-state index contributed by atoms with van der Waals surface area (Å²) in [6.45, 7) is 0.000798. The van der Waals surface area contributed by atoms with E-state index >= 15 is 0 Å². The van der Waals surface area contributed by atoms with Crippen LogP contribution in [0.2, 0.25) is 0 Å². The van der Waals surface area contributed by atoms with Gasteiger partial charge in [-0.2, -0.15) is 13.2 Å². The predicted octanol–water partition coefficient (Wildman–Crippen LogP) is 5.99. The van der Waals surface area contributed by atoms with Crippen LogP contribution in [0, 0.1) is 0 Å². The summed E-state index contributed by atoms with van der Waals surface area (Å²) >= 11 is 0. The van der Waals surface area contributed by atoms with E-state index in [0.717, 1.165) is 5.56 Å². The average Bonchev–Trinajstić information content (AvgIpc) is 2.82. The van der Waals surface area contributed by atoms with E-state index in [1.807, 2.05) is 6.07 Å². The van der Waals surface area contributed by atoms with Gasteiger partial charge in [-0.1, -0.05) is 36.4 Å². The molecule has 170 valence electrons. The summed E-state index contributed by atoms with van der Waals surface area (Å²) in [6, 6.07) is 16.3. The molecule has 6 nitrogen and oxygen atoms in total. The van der Waals surface area contributed by atoms with Crippen molar-refractivity contribution in [2.75, 3.05) is 19.5 Å². The lowest BCUT2D eigenvalue weighted by atomic mass is 10.1. The second-order valence-corrected chi connectivity index (χ2v) is 7.02. The SMILES string of the molecule is COc1cc2ncnc(Nc3cccc(OCc4ccccc4)c3C(F)(F)F)c2cc1OC. The highest BCUT2D eigenvalue weighted by Gasteiger charge is 2.37. The van der Waals surface area contributed by atoms with Gasteiger partial charge in [0.05, 0.1) is 25.4 Å². The van der Waals surface area contributed by atoms with Gasteiger partial charge >= 0.3 is 6.18 Å². The van der Waals surface area contributed by atoms with Crippen molar-refractivity contribution in [1.29, 1.82) is 0 Å². The molecule has 1 heterocycles. The minimum absolute atomic E-state index is 0.000798. The Kier molecular flexibility index (Phi) is 6.21. The van der Waals surface area contributed by atoms with Gasteiger partial charge in [0.2, 0.25) is 0 Å². The zero-order valence-corrected chi connectivity index (χ0v) is 17.8. The molecule has 0 saturated heterocycles.